The summed E-state index contributed by atoms with van der Waals surface area (Å²) in [5.41, 5.74) is 1.19. The number of carbonyl (C=O) groups is 1. The fraction of sp³-hybridized carbons (Fsp3) is 0. The van der Waals surface area contributed by atoms with Gasteiger partial charge in [0.15, 0.2) is 5.78 Å². The van der Waals surface area contributed by atoms with Crippen molar-refractivity contribution in [1.29, 1.82) is 0 Å². The van der Waals surface area contributed by atoms with Crippen molar-refractivity contribution in [2.24, 2.45) is 0 Å². The standard InChI is InChI=1S/C23H16O2/c24-22(20-11-9-16-5-1-3-7-18(16)13-20)15-23(25)21-12-10-17-6-2-4-8-19(17)14-21/h1-15,24H. The topological polar surface area (TPSA) is 37.3 Å². The number of rotatable bonds is 3. The van der Waals surface area contributed by atoms with E-state index in [-0.39, 0.29) is 11.5 Å². The predicted octanol–water partition coefficient (Wildman–Crippen LogP) is 5.77. The molecule has 0 aromatic heterocycles. The summed E-state index contributed by atoms with van der Waals surface area (Å²) in [7, 11) is 0. The average molecular weight is 324 g/mol. The van der Waals surface area contributed by atoms with Crippen LogP contribution in [0.2, 0.25) is 0 Å². The van der Waals surface area contributed by atoms with Gasteiger partial charge in [0.2, 0.25) is 0 Å². The summed E-state index contributed by atoms with van der Waals surface area (Å²) in [4.78, 5) is 12.5. The summed E-state index contributed by atoms with van der Waals surface area (Å²) < 4.78 is 0. The number of allylic oxidation sites excluding steroid dienone is 1. The van der Waals surface area contributed by atoms with Gasteiger partial charge >= 0.3 is 0 Å². The van der Waals surface area contributed by atoms with E-state index in [9.17, 15) is 9.90 Å². The number of hydrogen-bond acceptors (Lipinski definition) is 2. The Morgan fingerprint density at radius 1 is 0.640 bits per heavy atom. The third kappa shape index (κ3) is 3.02. The number of ketones is 1. The smallest absolute Gasteiger partial charge is 0.189 e. The van der Waals surface area contributed by atoms with Gasteiger partial charge in [-0.1, -0.05) is 72.8 Å². The van der Waals surface area contributed by atoms with Gasteiger partial charge in [-0.2, -0.15) is 0 Å². The number of aliphatic hydroxyl groups excluding tert-OH is 1. The third-order valence-electron chi connectivity index (χ3n) is 4.35. The van der Waals surface area contributed by atoms with Crippen molar-refractivity contribution in [3.8, 4) is 0 Å². The first kappa shape index (κ1) is 15.2. The number of benzene rings is 4. The lowest BCUT2D eigenvalue weighted by Crippen LogP contribution is -1.96. The maximum Gasteiger partial charge on any atom is 0.189 e. The molecule has 1 N–H and O–H groups in total. The van der Waals surface area contributed by atoms with E-state index in [1.54, 1.807) is 6.07 Å². The van der Waals surface area contributed by atoms with E-state index < -0.39 is 0 Å². The van der Waals surface area contributed by atoms with Crippen LogP contribution in [0.15, 0.2) is 91.0 Å². The second-order valence-electron chi connectivity index (χ2n) is 6.02. The number of fused-ring (bicyclic) bond motifs is 2. The molecule has 2 heteroatoms. The molecule has 0 spiro atoms. The maximum absolute atomic E-state index is 12.5. The second kappa shape index (κ2) is 6.25. The molecule has 0 heterocycles. The van der Waals surface area contributed by atoms with Gasteiger partial charge in [-0.3, -0.25) is 4.79 Å². The van der Waals surface area contributed by atoms with Gasteiger partial charge in [-0.05, 0) is 33.7 Å². The van der Waals surface area contributed by atoms with Crippen LogP contribution in [0.25, 0.3) is 27.3 Å². The van der Waals surface area contributed by atoms with E-state index in [0.717, 1.165) is 21.5 Å². The summed E-state index contributed by atoms with van der Waals surface area (Å²) in [6.45, 7) is 0. The minimum atomic E-state index is -0.212. The molecule has 25 heavy (non-hydrogen) atoms. The van der Waals surface area contributed by atoms with Crippen LogP contribution in [0.5, 0.6) is 0 Å². The first-order chi connectivity index (χ1) is 12.2. The number of hydrogen-bond donors (Lipinski definition) is 1. The molecule has 0 aliphatic rings. The molecule has 0 unspecified atom stereocenters. The highest BCUT2D eigenvalue weighted by Crippen LogP contribution is 2.21. The third-order valence-corrected chi connectivity index (χ3v) is 4.35. The normalized spacial score (nSPS) is 11.8. The molecule has 4 aromatic rings. The van der Waals surface area contributed by atoms with Gasteiger partial charge in [-0.15, -0.1) is 0 Å². The van der Waals surface area contributed by atoms with E-state index in [4.69, 9.17) is 0 Å². The summed E-state index contributed by atoms with van der Waals surface area (Å²) >= 11 is 0. The number of carbonyl (C=O) groups excluding carboxylic acids is 1. The Morgan fingerprint density at radius 3 is 1.72 bits per heavy atom. The summed E-state index contributed by atoms with van der Waals surface area (Å²) in [5, 5.41) is 14.6. The van der Waals surface area contributed by atoms with Crippen LogP contribution in [0, 0.1) is 0 Å². The van der Waals surface area contributed by atoms with Gasteiger partial charge in [0.25, 0.3) is 0 Å². The molecule has 0 radical (unpaired) electrons. The van der Waals surface area contributed by atoms with Crippen LogP contribution in [0.1, 0.15) is 15.9 Å². The van der Waals surface area contributed by atoms with Gasteiger partial charge in [-0.25, -0.2) is 0 Å². The first-order valence-corrected chi connectivity index (χ1v) is 8.14. The first-order valence-electron chi connectivity index (χ1n) is 8.14. The Kier molecular flexibility index (Phi) is 3.79. The van der Waals surface area contributed by atoms with Gasteiger partial charge in [0, 0.05) is 17.2 Å². The largest absolute Gasteiger partial charge is 0.507 e. The molecule has 0 atom stereocenters. The quantitative estimate of drug-likeness (QED) is 0.295. The van der Waals surface area contributed by atoms with Gasteiger partial charge < -0.3 is 5.11 Å². The van der Waals surface area contributed by atoms with Crippen molar-refractivity contribution in [3.05, 3.63) is 102 Å². The molecule has 2 nitrogen and oxygen atoms in total. The van der Waals surface area contributed by atoms with Crippen LogP contribution >= 0.6 is 0 Å². The average Bonchev–Trinajstić information content (AvgIpc) is 2.67. The molecule has 0 aliphatic carbocycles. The molecular weight excluding hydrogens is 308 g/mol. The molecule has 0 fully saturated rings. The summed E-state index contributed by atoms with van der Waals surface area (Å²) in [6.07, 6.45) is 1.29. The monoisotopic (exact) mass is 324 g/mol. The van der Waals surface area contributed by atoms with E-state index in [1.807, 2.05) is 78.9 Å². The van der Waals surface area contributed by atoms with E-state index in [2.05, 4.69) is 0 Å². The maximum atomic E-state index is 12.5. The SMILES string of the molecule is O=C(C=C(O)c1ccc2ccccc2c1)c1ccc2ccccc2c1. The molecule has 120 valence electrons. The van der Waals surface area contributed by atoms with Crippen molar-refractivity contribution in [2.75, 3.05) is 0 Å². The highest BCUT2D eigenvalue weighted by Gasteiger charge is 2.08. The van der Waals surface area contributed by atoms with Crippen LogP contribution in [-0.4, -0.2) is 10.9 Å². The Morgan fingerprint density at radius 2 is 1.12 bits per heavy atom. The molecule has 4 rings (SSSR count). The fourth-order valence-electron chi connectivity index (χ4n) is 2.98. The molecule has 0 bridgehead atoms. The van der Waals surface area contributed by atoms with Crippen LogP contribution < -0.4 is 0 Å². The van der Waals surface area contributed by atoms with Crippen LogP contribution in [-0.2, 0) is 0 Å². The minimum absolute atomic E-state index is 0.0242. The lowest BCUT2D eigenvalue weighted by molar-refractivity contribution is 0.104. The van der Waals surface area contributed by atoms with Crippen molar-refractivity contribution in [2.45, 2.75) is 0 Å². The summed E-state index contributed by atoms with van der Waals surface area (Å²) in [6, 6.07) is 27.0. The van der Waals surface area contributed by atoms with Crippen molar-refractivity contribution >= 4 is 33.1 Å². The van der Waals surface area contributed by atoms with Gasteiger partial charge in [0.05, 0.1) is 0 Å². The lowest BCUT2D eigenvalue weighted by Gasteiger charge is -2.04. The zero-order valence-corrected chi connectivity index (χ0v) is 13.5. The van der Waals surface area contributed by atoms with Crippen LogP contribution in [0.3, 0.4) is 0 Å². The zero-order valence-electron chi connectivity index (χ0n) is 13.5. The van der Waals surface area contributed by atoms with Crippen molar-refractivity contribution in [3.63, 3.8) is 0 Å². The zero-order chi connectivity index (χ0) is 17.2. The Labute approximate surface area is 145 Å². The minimum Gasteiger partial charge on any atom is -0.507 e. The fourth-order valence-corrected chi connectivity index (χ4v) is 2.98. The van der Waals surface area contributed by atoms with Crippen LogP contribution in [0.4, 0.5) is 0 Å². The number of aliphatic hydroxyl groups is 1. The summed E-state index contributed by atoms with van der Waals surface area (Å²) in [5.74, 6) is -0.236. The molecule has 0 saturated heterocycles. The molecule has 0 saturated carbocycles. The van der Waals surface area contributed by atoms with Crippen molar-refractivity contribution in [1.82, 2.24) is 0 Å². The second-order valence-corrected chi connectivity index (χ2v) is 6.02. The predicted molar refractivity (Wildman–Crippen MR) is 103 cm³/mol. The molecule has 4 aromatic carbocycles. The lowest BCUT2D eigenvalue weighted by atomic mass is 10.0. The highest BCUT2D eigenvalue weighted by molar-refractivity contribution is 6.09. The Hall–Kier alpha value is -3.39. The molecule has 0 amide bonds. The van der Waals surface area contributed by atoms with E-state index in [0.29, 0.717) is 11.1 Å². The Balaban J connectivity index is 1.68. The Bertz CT molecular complexity index is 1120. The van der Waals surface area contributed by atoms with Crippen molar-refractivity contribution < 1.29 is 9.90 Å². The highest BCUT2D eigenvalue weighted by atomic mass is 16.3. The van der Waals surface area contributed by atoms with Gasteiger partial charge in [0.1, 0.15) is 5.76 Å². The molecular formula is C23H16O2. The molecule has 0 aliphatic heterocycles. The van der Waals surface area contributed by atoms with E-state index in [1.165, 1.54) is 6.08 Å². The van der Waals surface area contributed by atoms with E-state index >= 15 is 0 Å².